The smallest absolute Gasteiger partial charge is 0.258 e. The van der Waals surface area contributed by atoms with E-state index in [4.69, 9.17) is 5.11 Å². The SMILES string of the molecule is Cc1cc(NC(=O)c2ccc(O)cc2F)ccc1F. The fourth-order valence-corrected chi connectivity index (χ4v) is 1.61. The Morgan fingerprint density at radius 1 is 1.11 bits per heavy atom. The zero-order valence-electron chi connectivity index (χ0n) is 10.1. The molecule has 2 rings (SSSR count). The molecule has 2 aromatic rings. The number of phenols is 1. The number of halogens is 2. The van der Waals surface area contributed by atoms with Gasteiger partial charge in [-0.2, -0.15) is 0 Å². The molecule has 1 amide bonds. The molecule has 0 spiro atoms. The van der Waals surface area contributed by atoms with Crippen LogP contribution >= 0.6 is 0 Å². The molecule has 0 aliphatic carbocycles. The van der Waals surface area contributed by atoms with Gasteiger partial charge in [0.15, 0.2) is 0 Å². The van der Waals surface area contributed by atoms with E-state index in [0.717, 1.165) is 6.07 Å². The Balaban J connectivity index is 2.23. The number of aryl methyl sites for hydroxylation is 1. The highest BCUT2D eigenvalue weighted by molar-refractivity contribution is 6.04. The van der Waals surface area contributed by atoms with E-state index in [-0.39, 0.29) is 17.1 Å². The molecule has 2 N–H and O–H groups in total. The zero-order chi connectivity index (χ0) is 14.0. The third-order valence-electron chi connectivity index (χ3n) is 2.61. The van der Waals surface area contributed by atoms with E-state index in [0.29, 0.717) is 11.3 Å². The van der Waals surface area contributed by atoms with Gasteiger partial charge in [0.05, 0.1) is 5.56 Å². The van der Waals surface area contributed by atoms with Crippen molar-refractivity contribution in [2.75, 3.05) is 5.32 Å². The molecule has 98 valence electrons. The normalized spacial score (nSPS) is 10.3. The average Bonchev–Trinajstić information content (AvgIpc) is 2.33. The Hall–Kier alpha value is -2.43. The number of rotatable bonds is 2. The van der Waals surface area contributed by atoms with Crippen molar-refractivity contribution in [2.45, 2.75) is 6.92 Å². The van der Waals surface area contributed by atoms with E-state index in [2.05, 4.69) is 5.32 Å². The number of hydrogen-bond acceptors (Lipinski definition) is 2. The van der Waals surface area contributed by atoms with Gasteiger partial charge < -0.3 is 10.4 Å². The topological polar surface area (TPSA) is 49.3 Å². The van der Waals surface area contributed by atoms with Gasteiger partial charge in [-0.15, -0.1) is 0 Å². The molecule has 3 nitrogen and oxygen atoms in total. The minimum atomic E-state index is -0.823. The molecule has 0 atom stereocenters. The van der Waals surface area contributed by atoms with Gasteiger partial charge in [-0.05, 0) is 42.8 Å². The molecule has 0 aliphatic rings. The third-order valence-corrected chi connectivity index (χ3v) is 2.61. The van der Waals surface area contributed by atoms with Crippen molar-refractivity contribution < 1.29 is 18.7 Å². The van der Waals surface area contributed by atoms with Crippen LogP contribution in [0.4, 0.5) is 14.5 Å². The van der Waals surface area contributed by atoms with Crippen LogP contribution < -0.4 is 5.32 Å². The number of hydrogen-bond donors (Lipinski definition) is 2. The lowest BCUT2D eigenvalue weighted by molar-refractivity contribution is 0.102. The lowest BCUT2D eigenvalue weighted by atomic mass is 10.1. The molecule has 0 saturated heterocycles. The zero-order valence-corrected chi connectivity index (χ0v) is 10.1. The molecule has 0 bridgehead atoms. The number of carbonyl (C=O) groups is 1. The second-order valence-corrected chi connectivity index (χ2v) is 4.08. The second-order valence-electron chi connectivity index (χ2n) is 4.08. The molecule has 0 fully saturated rings. The van der Waals surface area contributed by atoms with Crippen molar-refractivity contribution in [3.63, 3.8) is 0 Å². The van der Waals surface area contributed by atoms with Crippen LogP contribution in [0.5, 0.6) is 5.75 Å². The van der Waals surface area contributed by atoms with Crippen LogP contribution in [0.3, 0.4) is 0 Å². The number of aromatic hydroxyl groups is 1. The number of benzene rings is 2. The predicted octanol–water partition coefficient (Wildman–Crippen LogP) is 3.23. The van der Waals surface area contributed by atoms with Gasteiger partial charge >= 0.3 is 0 Å². The monoisotopic (exact) mass is 263 g/mol. The Morgan fingerprint density at radius 2 is 1.84 bits per heavy atom. The summed E-state index contributed by atoms with van der Waals surface area (Å²) in [4.78, 5) is 11.8. The van der Waals surface area contributed by atoms with Crippen molar-refractivity contribution in [1.82, 2.24) is 0 Å². The maximum absolute atomic E-state index is 13.5. The number of carbonyl (C=O) groups excluding carboxylic acids is 1. The summed E-state index contributed by atoms with van der Waals surface area (Å²) in [5.41, 5.74) is 0.556. The summed E-state index contributed by atoms with van der Waals surface area (Å²) in [7, 11) is 0. The minimum Gasteiger partial charge on any atom is -0.508 e. The summed E-state index contributed by atoms with van der Waals surface area (Å²) in [5.74, 6) is -2.12. The van der Waals surface area contributed by atoms with Crippen molar-refractivity contribution in [3.8, 4) is 5.75 Å². The fraction of sp³-hybridized carbons (Fsp3) is 0.0714. The van der Waals surface area contributed by atoms with Crippen molar-refractivity contribution in [2.24, 2.45) is 0 Å². The molecule has 0 saturated carbocycles. The van der Waals surface area contributed by atoms with E-state index < -0.39 is 11.7 Å². The summed E-state index contributed by atoms with van der Waals surface area (Å²) in [5, 5.41) is 11.5. The first-order valence-electron chi connectivity index (χ1n) is 5.53. The van der Waals surface area contributed by atoms with E-state index in [1.54, 1.807) is 6.92 Å². The highest BCUT2D eigenvalue weighted by Gasteiger charge is 2.12. The largest absolute Gasteiger partial charge is 0.508 e. The number of amides is 1. The highest BCUT2D eigenvalue weighted by atomic mass is 19.1. The molecule has 0 heterocycles. The van der Waals surface area contributed by atoms with E-state index in [9.17, 15) is 13.6 Å². The molecule has 2 aromatic carbocycles. The molecule has 0 aliphatic heterocycles. The minimum absolute atomic E-state index is 0.195. The number of nitrogens with one attached hydrogen (secondary N) is 1. The predicted molar refractivity (Wildman–Crippen MR) is 67.2 cm³/mol. The van der Waals surface area contributed by atoms with Crippen LogP contribution in [-0.4, -0.2) is 11.0 Å². The first-order valence-corrected chi connectivity index (χ1v) is 5.53. The molecular weight excluding hydrogens is 252 g/mol. The van der Waals surface area contributed by atoms with Crippen LogP contribution in [0.25, 0.3) is 0 Å². The van der Waals surface area contributed by atoms with Crippen LogP contribution in [0.15, 0.2) is 36.4 Å². The molecule has 0 aromatic heterocycles. The summed E-state index contributed by atoms with van der Waals surface area (Å²) in [6, 6.07) is 7.30. The van der Waals surface area contributed by atoms with Crippen LogP contribution in [-0.2, 0) is 0 Å². The molecule has 5 heteroatoms. The second kappa shape index (κ2) is 5.06. The Labute approximate surface area is 108 Å². The van der Waals surface area contributed by atoms with Crippen molar-refractivity contribution in [1.29, 1.82) is 0 Å². The summed E-state index contributed by atoms with van der Waals surface area (Å²) in [6.07, 6.45) is 0. The van der Waals surface area contributed by atoms with Crippen LogP contribution in [0, 0.1) is 18.6 Å². The Bertz CT molecular complexity index is 641. The van der Waals surface area contributed by atoms with E-state index in [1.807, 2.05) is 0 Å². The molecule has 0 radical (unpaired) electrons. The van der Waals surface area contributed by atoms with E-state index >= 15 is 0 Å². The van der Waals surface area contributed by atoms with Crippen molar-refractivity contribution >= 4 is 11.6 Å². The molecular formula is C14H11F2NO2. The fourth-order valence-electron chi connectivity index (χ4n) is 1.61. The van der Waals surface area contributed by atoms with Gasteiger partial charge in [-0.1, -0.05) is 0 Å². The number of phenolic OH excluding ortho intramolecular Hbond substituents is 1. The highest BCUT2D eigenvalue weighted by Crippen LogP contribution is 2.18. The molecule has 19 heavy (non-hydrogen) atoms. The third kappa shape index (κ3) is 2.88. The van der Waals surface area contributed by atoms with Gasteiger partial charge in [0.25, 0.3) is 5.91 Å². The van der Waals surface area contributed by atoms with Crippen LogP contribution in [0.1, 0.15) is 15.9 Å². The van der Waals surface area contributed by atoms with Gasteiger partial charge in [0, 0.05) is 11.8 Å². The number of anilines is 1. The van der Waals surface area contributed by atoms with E-state index in [1.165, 1.54) is 30.3 Å². The summed E-state index contributed by atoms with van der Waals surface area (Å²) in [6.45, 7) is 1.56. The van der Waals surface area contributed by atoms with Gasteiger partial charge in [0.1, 0.15) is 17.4 Å². The quantitative estimate of drug-likeness (QED) is 0.873. The van der Waals surface area contributed by atoms with Crippen molar-refractivity contribution in [3.05, 3.63) is 59.2 Å². The average molecular weight is 263 g/mol. The van der Waals surface area contributed by atoms with Crippen LogP contribution in [0.2, 0.25) is 0 Å². The lowest BCUT2D eigenvalue weighted by Gasteiger charge is -2.07. The molecule has 0 unspecified atom stereocenters. The Kier molecular flexibility index (Phi) is 3.46. The maximum Gasteiger partial charge on any atom is 0.258 e. The first-order chi connectivity index (χ1) is 8.97. The Morgan fingerprint density at radius 3 is 2.47 bits per heavy atom. The van der Waals surface area contributed by atoms with Gasteiger partial charge in [0.2, 0.25) is 0 Å². The van der Waals surface area contributed by atoms with Gasteiger partial charge in [-0.25, -0.2) is 8.78 Å². The standard InChI is InChI=1S/C14H11F2NO2/c1-8-6-9(2-5-12(8)15)17-14(19)11-4-3-10(18)7-13(11)16/h2-7,18H,1H3,(H,17,19). The maximum atomic E-state index is 13.5. The summed E-state index contributed by atoms with van der Waals surface area (Å²) < 4.78 is 26.5. The first kappa shape index (κ1) is 13.0. The lowest BCUT2D eigenvalue weighted by Crippen LogP contribution is -2.13. The summed E-state index contributed by atoms with van der Waals surface area (Å²) >= 11 is 0. The van der Waals surface area contributed by atoms with Gasteiger partial charge in [-0.3, -0.25) is 4.79 Å².